The van der Waals surface area contributed by atoms with Crippen molar-refractivity contribution in [1.82, 2.24) is 9.55 Å². The van der Waals surface area contributed by atoms with E-state index in [-0.39, 0.29) is 5.02 Å². The van der Waals surface area contributed by atoms with Crippen LogP contribution < -0.4 is 0 Å². The summed E-state index contributed by atoms with van der Waals surface area (Å²) in [6.07, 6.45) is 5.89. The number of nitrogens with zero attached hydrogens (tertiary/aromatic N) is 2. The number of hydrogen-bond acceptors (Lipinski definition) is 1. The lowest BCUT2D eigenvalue weighted by molar-refractivity contribution is 0.329. The number of rotatable bonds is 3. The highest BCUT2D eigenvalue weighted by molar-refractivity contribution is 6.31. The molecule has 0 amide bonds. The third-order valence-electron chi connectivity index (χ3n) is 5.16. The lowest BCUT2D eigenvalue weighted by atomic mass is 9.95. The minimum atomic E-state index is -0.404. The molecule has 0 N–H and O–H groups in total. The minimum Gasteiger partial charge on any atom is -0.324 e. The number of alkyl halides is 1. The Bertz CT molecular complexity index is 697. The predicted octanol–water partition coefficient (Wildman–Crippen LogP) is 4.97. The maximum atomic E-state index is 13.7. The summed E-state index contributed by atoms with van der Waals surface area (Å²) in [7, 11) is 0. The lowest BCUT2D eigenvalue weighted by Gasteiger charge is -2.25. The van der Waals surface area contributed by atoms with Gasteiger partial charge in [0.25, 0.3) is 0 Å². The molecule has 3 atom stereocenters. The zero-order valence-electron chi connectivity index (χ0n) is 11.7. The van der Waals surface area contributed by atoms with Crippen LogP contribution in [0.25, 0.3) is 11.0 Å². The van der Waals surface area contributed by atoms with Crippen LogP contribution in [-0.2, 0) is 6.42 Å². The highest BCUT2D eigenvalue weighted by Crippen LogP contribution is 2.51. The quantitative estimate of drug-likeness (QED) is 0.728. The molecule has 0 spiro atoms. The molecule has 0 saturated heterocycles. The number of aromatic nitrogens is 2. The maximum absolute atomic E-state index is 13.7. The van der Waals surface area contributed by atoms with E-state index in [1.165, 1.54) is 31.7 Å². The molecule has 1 aromatic heterocycles. The summed E-state index contributed by atoms with van der Waals surface area (Å²) >= 11 is 11.9. The van der Waals surface area contributed by atoms with E-state index in [4.69, 9.17) is 23.2 Å². The van der Waals surface area contributed by atoms with E-state index in [9.17, 15) is 4.39 Å². The Morgan fingerprint density at radius 2 is 2.14 bits per heavy atom. The van der Waals surface area contributed by atoms with Crippen LogP contribution in [0.15, 0.2) is 12.1 Å². The van der Waals surface area contributed by atoms with Gasteiger partial charge in [-0.3, -0.25) is 0 Å². The van der Waals surface area contributed by atoms with Gasteiger partial charge in [0.05, 0.1) is 16.1 Å². The largest absolute Gasteiger partial charge is 0.324 e. The molecule has 0 aliphatic heterocycles. The summed E-state index contributed by atoms with van der Waals surface area (Å²) in [4.78, 5) is 4.61. The smallest absolute Gasteiger partial charge is 0.144 e. The second kappa shape index (κ2) is 5.13. The van der Waals surface area contributed by atoms with Gasteiger partial charge in [0, 0.05) is 24.4 Å². The van der Waals surface area contributed by atoms with Crippen molar-refractivity contribution in [2.75, 3.05) is 5.88 Å². The zero-order chi connectivity index (χ0) is 14.6. The number of aryl methyl sites for hydroxylation is 1. The molecule has 1 heterocycles. The van der Waals surface area contributed by atoms with Crippen LogP contribution in [-0.4, -0.2) is 15.4 Å². The number of halogens is 3. The van der Waals surface area contributed by atoms with Crippen molar-refractivity contribution < 1.29 is 4.39 Å². The van der Waals surface area contributed by atoms with Crippen molar-refractivity contribution in [3.63, 3.8) is 0 Å². The Hall–Kier alpha value is -0.800. The third kappa shape index (κ3) is 2.17. The van der Waals surface area contributed by atoms with Gasteiger partial charge in [-0.15, -0.1) is 11.6 Å². The van der Waals surface area contributed by atoms with E-state index in [2.05, 4.69) is 9.55 Å². The molecule has 4 rings (SSSR count). The molecule has 2 aromatic rings. The van der Waals surface area contributed by atoms with Gasteiger partial charge < -0.3 is 4.57 Å². The molecule has 2 aliphatic rings. The normalized spacial score (nSPS) is 27.9. The summed E-state index contributed by atoms with van der Waals surface area (Å²) in [5.41, 5.74) is 1.65. The van der Waals surface area contributed by atoms with Crippen molar-refractivity contribution in [3.05, 3.63) is 28.8 Å². The molecule has 2 aliphatic carbocycles. The van der Waals surface area contributed by atoms with Crippen LogP contribution >= 0.6 is 23.2 Å². The summed E-state index contributed by atoms with van der Waals surface area (Å²) in [5.74, 6) is 2.67. The van der Waals surface area contributed by atoms with Gasteiger partial charge in [-0.1, -0.05) is 18.0 Å². The molecule has 2 nitrogen and oxygen atoms in total. The molecular formula is C16H17Cl2FN2. The average Bonchev–Trinajstić information content (AvgIpc) is 3.13. The molecule has 21 heavy (non-hydrogen) atoms. The first-order chi connectivity index (χ1) is 10.2. The third-order valence-corrected chi connectivity index (χ3v) is 5.63. The highest BCUT2D eigenvalue weighted by atomic mass is 35.5. The fourth-order valence-electron chi connectivity index (χ4n) is 4.30. The summed E-state index contributed by atoms with van der Waals surface area (Å²) in [6.45, 7) is 0. The molecule has 3 unspecified atom stereocenters. The van der Waals surface area contributed by atoms with Crippen molar-refractivity contribution in [2.45, 2.75) is 38.1 Å². The predicted molar refractivity (Wildman–Crippen MR) is 83.6 cm³/mol. The van der Waals surface area contributed by atoms with E-state index in [1.807, 2.05) is 0 Å². The first-order valence-electron chi connectivity index (χ1n) is 7.59. The molecule has 5 heteroatoms. The standard InChI is InChI=1S/C16H17Cl2FN2/c17-4-3-16-20-13-8-12(19)11(18)7-15(13)21(16)14-6-9-1-2-10(14)5-9/h7-10,14H,1-6H2. The number of hydrogen-bond donors (Lipinski definition) is 0. The summed E-state index contributed by atoms with van der Waals surface area (Å²) in [5, 5.41) is 0.171. The maximum Gasteiger partial charge on any atom is 0.144 e. The van der Waals surface area contributed by atoms with E-state index in [0.29, 0.717) is 23.9 Å². The number of fused-ring (bicyclic) bond motifs is 3. The molecule has 2 fully saturated rings. The number of benzene rings is 1. The Kier molecular flexibility index (Phi) is 3.38. The molecule has 1 aromatic carbocycles. The lowest BCUT2D eigenvalue weighted by Crippen LogP contribution is -2.18. The van der Waals surface area contributed by atoms with Gasteiger partial charge in [0.15, 0.2) is 0 Å². The number of imidazole rings is 1. The van der Waals surface area contributed by atoms with Gasteiger partial charge in [0.1, 0.15) is 11.6 Å². The monoisotopic (exact) mass is 326 g/mol. The zero-order valence-corrected chi connectivity index (χ0v) is 13.2. The Morgan fingerprint density at radius 3 is 2.81 bits per heavy atom. The van der Waals surface area contributed by atoms with Crippen LogP contribution in [0.5, 0.6) is 0 Å². The van der Waals surface area contributed by atoms with Crippen LogP contribution in [0, 0.1) is 17.7 Å². The van der Waals surface area contributed by atoms with E-state index >= 15 is 0 Å². The summed E-state index contributed by atoms with van der Waals surface area (Å²) in [6, 6.07) is 3.65. The second-order valence-corrected chi connectivity index (χ2v) is 7.12. The van der Waals surface area contributed by atoms with E-state index < -0.39 is 5.82 Å². The van der Waals surface area contributed by atoms with Crippen LogP contribution in [0.3, 0.4) is 0 Å². The fourth-order valence-corrected chi connectivity index (χ4v) is 4.63. The highest BCUT2D eigenvalue weighted by Gasteiger charge is 2.41. The Labute approximate surface area is 133 Å². The first kappa shape index (κ1) is 13.8. The van der Waals surface area contributed by atoms with Gasteiger partial charge >= 0.3 is 0 Å². The van der Waals surface area contributed by atoms with Crippen LogP contribution in [0.1, 0.15) is 37.5 Å². The van der Waals surface area contributed by atoms with Gasteiger partial charge in [0.2, 0.25) is 0 Å². The van der Waals surface area contributed by atoms with E-state index in [1.54, 1.807) is 6.07 Å². The molecule has 0 radical (unpaired) electrons. The molecule has 112 valence electrons. The van der Waals surface area contributed by atoms with Gasteiger partial charge in [-0.25, -0.2) is 9.37 Å². The Balaban J connectivity index is 1.88. The van der Waals surface area contributed by atoms with Crippen molar-refractivity contribution in [1.29, 1.82) is 0 Å². The van der Waals surface area contributed by atoms with Gasteiger partial charge in [-0.2, -0.15) is 0 Å². The van der Waals surface area contributed by atoms with Crippen molar-refractivity contribution in [3.8, 4) is 0 Å². The van der Waals surface area contributed by atoms with Crippen LogP contribution in [0.2, 0.25) is 5.02 Å². The minimum absolute atomic E-state index is 0.171. The van der Waals surface area contributed by atoms with Crippen LogP contribution in [0.4, 0.5) is 4.39 Å². The van der Waals surface area contributed by atoms with Gasteiger partial charge in [-0.05, 0) is 37.2 Å². The average molecular weight is 327 g/mol. The fraction of sp³-hybridized carbons (Fsp3) is 0.562. The van der Waals surface area contributed by atoms with Crippen molar-refractivity contribution >= 4 is 34.2 Å². The molecule has 2 saturated carbocycles. The summed E-state index contributed by atoms with van der Waals surface area (Å²) < 4.78 is 16.0. The molecular weight excluding hydrogens is 310 g/mol. The molecule has 2 bridgehead atoms. The Morgan fingerprint density at radius 1 is 1.29 bits per heavy atom. The first-order valence-corrected chi connectivity index (χ1v) is 8.50. The topological polar surface area (TPSA) is 17.8 Å². The second-order valence-electron chi connectivity index (χ2n) is 6.33. The van der Waals surface area contributed by atoms with E-state index in [0.717, 1.165) is 23.2 Å². The SMILES string of the molecule is Fc1cc2nc(CCCl)n(C3CC4CCC3C4)c2cc1Cl. The van der Waals surface area contributed by atoms with Crippen molar-refractivity contribution in [2.24, 2.45) is 11.8 Å².